The molecule has 0 saturated heterocycles. The van der Waals surface area contributed by atoms with Crippen LogP contribution in [0.4, 0.5) is 5.69 Å². The van der Waals surface area contributed by atoms with E-state index in [0.29, 0.717) is 19.1 Å². The molecule has 1 unspecified atom stereocenters. The van der Waals surface area contributed by atoms with E-state index in [1.54, 1.807) is 6.92 Å². The first-order chi connectivity index (χ1) is 9.04. The number of nitrogens with one attached hydrogen (secondary N) is 1. The van der Waals surface area contributed by atoms with Gasteiger partial charge in [0.1, 0.15) is 0 Å². The summed E-state index contributed by atoms with van der Waals surface area (Å²) in [6.07, 6.45) is -0.718. The van der Waals surface area contributed by atoms with E-state index >= 15 is 0 Å². The third kappa shape index (κ3) is 5.30. The van der Waals surface area contributed by atoms with Gasteiger partial charge < -0.3 is 15.2 Å². The number of benzene rings is 1. The first kappa shape index (κ1) is 15.5. The van der Waals surface area contributed by atoms with E-state index in [9.17, 15) is 9.90 Å². The Labute approximate surface area is 114 Å². The van der Waals surface area contributed by atoms with E-state index in [0.717, 1.165) is 5.69 Å². The highest BCUT2D eigenvalue weighted by Crippen LogP contribution is 2.23. The molecule has 1 aromatic rings. The van der Waals surface area contributed by atoms with E-state index in [2.05, 4.69) is 25.2 Å². The number of esters is 1. The molecule has 4 heteroatoms. The summed E-state index contributed by atoms with van der Waals surface area (Å²) in [7, 11) is 0. The van der Waals surface area contributed by atoms with Gasteiger partial charge in [-0.25, -0.2) is 0 Å². The third-order valence-corrected chi connectivity index (χ3v) is 2.82. The fourth-order valence-electron chi connectivity index (χ4n) is 1.87. The summed E-state index contributed by atoms with van der Waals surface area (Å²) in [4.78, 5) is 11.2. The van der Waals surface area contributed by atoms with Crippen molar-refractivity contribution in [1.82, 2.24) is 0 Å². The van der Waals surface area contributed by atoms with Crippen molar-refractivity contribution in [3.63, 3.8) is 0 Å². The number of para-hydroxylation sites is 1. The minimum absolute atomic E-state index is 0.0185. The lowest BCUT2D eigenvalue weighted by Crippen LogP contribution is -2.24. The number of hydrogen-bond acceptors (Lipinski definition) is 4. The van der Waals surface area contributed by atoms with Crippen molar-refractivity contribution in [2.24, 2.45) is 0 Å². The van der Waals surface area contributed by atoms with Crippen molar-refractivity contribution in [3.8, 4) is 0 Å². The molecule has 0 amide bonds. The molecule has 2 N–H and O–H groups in total. The highest BCUT2D eigenvalue weighted by atomic mass is 16.5. The van der Waals surface area contributed by atoms with E-state index in [1.165, 1.54) is 5.56 Å². The van der Waals surface area contributed by atoms with Crippen LogP contribution >= 0.6 is 0 Å². The number of carbonyl (C=O) groups excluding carboxylic acids is 1. The predicted molar refractivity (Wildman–Crippen MR) is 76.3 cm³/mol. The predicted octanol–water partition coefficient (Wildman–Crippen LogP) is 2.54. The summed E-state index contributed by atoms with van der Waals surface area (Å²) in [5, 5.41) is 13.0. The van der Waals surface area contributed by atoms with Gasteiger partial charge in [0.2, 0.25) is 0 Å². The molecule has 106 valence electrons. The second kappa shape index (κ2) is 7.79. The lowest BCUT2D eigenvalue weighted by atomic mass is 10.0. The topological polar surface area (TPSA) is 58.6 Å². The minimum Gasteiger partial charge on any atom is -0.466 e. The van der Waals surface area contributed by atoms with Gasteiger partial charge in [-0.1, -0.05) is 32.0 Å². The molecule has 0 saturated carbocycles. The standard InChI is InChI=1S/C15H23NO3/c1-4-19-15(18)9-12(17)10-16-14-8-6-5-7-13(14)11(2)3/h5-8,11-12,16-17H,4,9-10H2,1-3H3. The number of anilines is 1. The fraction of sp³-hybridized carbons (Fsp3) is 0.533. The largest absolute Gasteiger partial charge is 0.466 e. The van der Waals surface area contributed by atoms with Crippen LogP contribution in [-0.2, 0) is 9.53 Å². The maximum absolute atomic E-state index is 11.2. The summed E-state index contributed by atoms with van der Waals surface area (Å²) in [5.74, 6) is 0.0415. The van der Waals surface area contributed by atoms with Crippen LogP contribution in [0.2, 0.25) is 0 Å². The molecule has 0 heterocycles. The summed E-state index contributed by atoms with van der Waals surface area (Å²) >= 11 is 0. The quantitative estimate of drug-likeness (QED) is 0.744. The van der Waals surface area contributed by atoms with Crippen LogP contribution < -0.4 is 5.32 Å². The maximum Gasteiger partial charge on any atom is 0.308 e. The Morgan fingerprint density at radius 1 is 1.37 bits per heavy atom. The number of ether oxygens (including phenoxy) is 1. The molecular weight excluding hydrogens is 242 g/mol. The van der Waals surface area contributed by atoms with Crippen LogP contribution in [0.25, 0.3) is 0 Å². The monoisotopic (exact) mass is 265 g/mol. The van der Waals surface area contributed by atoms with Crippen LogP contribution in [0, 0.1) is 0 Å². The van der Waals surface area contributed by atoms with Crippen molar-refractivity contribution in [2.75, 3.05) is 18.5 Å². The second-order valence-corrected chi connectivity index (χ2v) is 4.79. The van der Waals surface area contributed by atoms with Gasteiger partial charge in [-0.3, -0.25) is 4.79 Å². The first-order valence-electron chi connectivity index (χ1n) is 6.71. The Balaban J connectivity index is 2.50. The van der Waals surface area contributed by atoms with Crippen molar-refractivity contribution >= 4 is 11.7 Å². The van der Waals surface area contributed by atoms with Crippen molar-refractivity contribution in [1.29, 1.82) is 0 Å². The normalized spacial score (nSPS) is 12.3. The van der Waals surface area contributed by atoms with E-state index in [1.807, 2.05) is 18.2 Å². The number of carbonyl (C=O) groups is 1. The van der Waals surface area contributed by atoms with Gasteiger partial charge >= 0.3 is 5.97 Å². The lowest BCUT2D eigenvalue weighted by Gasteiger charge is -2.16. The molecule has 1 aromatic carbocycles. The van der Waals surface area contributed by atoms with E-state index in [-0.39, 0.29) is 12.4 Å². The summed E-state index contributed by atoms with van der Waals surface area (Å²) in [6.45, 7) is 6.67. The van der Waals surface area contributed by atoms with Gasteiger partial charge in [-0.2, -0.15) is 0 Å². The van der Waals surface area contributed by atoms with Gasteiger partial charge in [-0.15, -0.1) is 0 Å². The fourth-order valence-corrected chi connectivity index (χ4v) is 1.87. The summed E-state index contributed by atoms with van der Waals surface area (Å²) in [5.41, 5.74) is 2.20. The first-order valence-corrected chi connectivity index (χ1v) is 6.71. The van der Waals surface area contributed by atoms with Gasteiger partial charge in [0.05, 0.1) is 19.1 Å². The van der Waals surface area contributed by atoms with Gasteiger partial charge in [-0.05, 0) is 24.5 Å². The molecule has 0 fully saturated rings. The molecule has 0 aliphatic rings. The zero-order valence-corrected chi connectivity index (χ0v) is 11.8. The van der Waals surface area contributed by atoms with Gasteiger partial charge in [0.25, 0.3) is 0 Å². The van der Waals surface area contributed by atoms with Crippen molar-refractivity contribution in [3.05, 3.63) is 29.8 Å². The maximum atomic E-state index is 11.2. The third-order valence-electron chi connectivity index (χ3n) is 2.82. The van der Waals surface area contributed by atoms with Gasteiger partial charge in [0, 0.05) is 12.2 Å². The molecule has 0 spiro atoms. The highest BCUT2D eigenvalue weighted by Gasteiger charge is 2.12. The summed E-state index contributed by atoms with van der Waals surface area (Å²) < 4.78 is 4.80. The molecule has 0 radical (unpaired) electrons. The SMILES string of the molecule is CCOC(=O)CC(O)CNc1ccccc1C(C)C. The molecule has 0 bridgehead atoms. The van der Waals surface area contributed by atoms with Crippen LogP contribution in [0.3, 0.4) is 0 Å². The van der Waals surface area contributed by atoms with Crippen LogP contribution in [0.15, 0.2) is 24.3 Å². The lowest BCUT2D eigenvalue weighted by molar-refractivity contribution is -0.145. The molecule has 0 aromatic heterocycles. The molecule has 0 aliphatic heterocycles. The van der Waals surface area contributed by atoms with Crippen molar-refractivity contribution < 1.29 is 14.6 Å². The Hall–Kier alpha value is -1.55. The van der Waals surface area contributed by atoms with Crippen LogP contribution in [-0.4, -0.2) is 30.3 Å². The minimum atomic E-state index is -0.737. The zero-order valence-electron chi connectivity index (χ0n) is 11.8. The van der Waals surface area contributed by atoms with E-state index in [4.69, 9.17) is 4.74 Å². The summed E-state index contributed by atoms with van der Waals surface area (Å²) in [6, 6.07) is 7.98. The number of hydrogen-bond donors (Lipinski definition) is 2. The Morgan fingerprint density at radius 3 is 2.68 bits per heavy atom. The average Bonchev–Trinajstić information content (AvgIpc) is 2.36. The molecule has 0 aliphatic carbocycles. The number of aliphatic hydroxyl groups is 1. The Kier molecular flexibility index (Phi) is 6.36. The molecular formula is C15H23NO3. The smallest absolute Gasteiger partial charge is 0.308 e. The molecule has 4 nitrogen and oxygen atoms in total. The molecule has 1 rings (SSSR count). The van der Waals surface area contributed by atoms with Crippen LogP contribution in [0.1, 0.15) is 38.7 Å². The van der Waals surface area contributed by atoms with Crippen molar-refractivity contribution in [2.45, 2.75) is 39.2 Å². The zero-order chi connectivity index (χ0) is 14.3. The molecule has 1 atom stereocenters. The Bertz CT molecular complexity index is 404. The average molecular weight is 265 g/mol. The van der Waals surface area contributed by atoms with Crippen LogP contribution in [0.5, 0.6) is 0 Å². The second-order valence-electron chi connectivity index (χ2n) is 4.79. The van der Waals surface area contributed by atoms with E-state index < -0.39 is 6.10 Å². The Morgan fingerprint density at radius 2 is 2.05 bits per heavy atom. The van der Waals surface area contributed by atoms with Gasteiger partial charge in [0.15, 0.2) is 0 Å². The highest BCUT2D eigenvalue weighted by molar-refractivity contribution is 5.70. The molecule has 19 heavy (non-hydrogen) atoms. The number of rotatable bonds is 7. The number of aliphatic hydroxyl groups excluding tert-OH is 1.